The molecule has 0 radical (unpaired) electrons. The highest BCUT2D eigenvalue weighted by molar-refractivity contribution is 9.10. The molecule has 1 saturated heterocycles. The normalized spacial score (nSPS) is 15.5. The lowest BCUT2D eigenvalue weighted by Gasteiger charge is -2.35. The van der Waals surface area contributed by atoms with Crippen LogP contribution < -0.4 is 4.74 Å². The fraction of sp³-hybridized carbons (Fsp3) is 0.435. The lowest BCUT2D eigenvalue weighted by molar-refractivity contribution is 0.0192. The van der Waals surface area contributed by atoms with Gasteiger partial charge in [0.2, 0.25) is 10.0 Å². The number of carbonyl (C=O) groups is 1. The van der Waals surface area contributed by atoms with Crippen LogP contribution in [0.15, 0.2) is 45.8 Å². The van der Waals surface area contributed by atoms with Gasteiger partial charge in [0.25, 0.3) is 0 Å². The predicted octanol–water partition coefficient (Wildman–Crippen LogP) is 5.10. The van der Waals surface area contributed by atoms with Crippen LogP contribution in [0.2, 0.25) is 0 Å². The van der Waals surface area contributed by atoms with Gasteiger partial charge in [-0.15, -0.1) is 0 Å². The molecule has 1 aliphatic heterocycles. The monoisotopic (exact) mass is 524 g/mol. The molecule has 0 atom stereocenters. The van der Waals surface area contributed by atoms with E-state index >= 15 is 0 Å². The SMILES string of the molecule is Cc1cc(C)cc(Oc2ccc(Br)cc2S(=O)(=O)N2CCN(C(=O)OC(C)(C)C)CC2)c1. The van der Waals surface area contributed by atoms with Crippen molar-refractivity contribution in [1.29, 1.82) is 0 Å². The molecule has 1 fully saturated rings. The number of amides is 1. The molecule has 0 unspecified atom stereocenters. The first-order chi connectivity index (χ1) is 14.8. The third-order valence-electron chi connectivity index (χ3n) is 4.84. The zero-order valence-electron chi connectivity index (χ0n) is 19.0. The molecule has 0 aromatic heterocycles. The Kier molecular flexibility index (Phi) is 7.21. The van der Waals surface area contributed by atoms with Crippen molar-refractivity contribution in [2.24, 2.45) is 0 Å². The van der Waals surface area contributed by atoms with Crippen LogP contribution in [0.1, 0.15) is 31.9 Å². The van der Waals surface area contributed by atoms with Gasteiger partial charge in [-0.2, -0.15) is 4.31 Å². The Morgan fingerprint density at radius 1 is 0.969 bits per heavy atom. The molecule has 7 nitrogen and oxygen atoms in total. The van der Waals surface area contributed by atoms with Crippen molar-refractivity contribution < 1.29 is 22.7 Å². The number of piperazine rings is 1. The molecule has 2 aromatic rings. The van der Waals surface area contributed by atoms with Crippen molar-refractivity contribution >= 4 is 32.0 Å². The Balaban J connectivity index is 1.81. The fourth-order valence-electron chi connectivity index (χ4n) is 3.46. The zero-order chi connectivity index (χ0) is 23.7. The number of rotatable bonds is 4. The van der Waals surface area contributed by atoms with E-state index in [1.165, 1.54) is 9.21 Å². The summed E-state index contributed by atoms with van der Waals surface area (Å²) < 4.78 is 40.4. The largest absolute Gasteiger partial charge is 0.456 e. The Morgan fingerprint density at radius 3 is 2.12 bits per heavy atom. The highest BCUT2D eigenvalue weighted by atomic mass is 79.9. The van der Waals surface area contributed by atoms with Crippen molar-refractivity contribution in [3.05, 3.63) is 52.0 Å². The number of hydrogen-bond acceptors (Lipinski definition) is 5. The van der Waals surface area contributed by atoms with Gasteiger partial charge >= 0.3 is 6.09 Å². The van der Waals surface area contributed by atoms with Gasteiger partial charge in [-0.25, -0.2) is 13.2 Å². The molecule has 3 rings (SSSR count). The van der Waals surface area contributed by atoms with Crippen molar-refractivity contribution in [1.82, 2.24) is 9.21 Å². The molecule has 32 heavy (non-hydrogen) atoms. The fourth-order valence-corrected chi connectivity index (χ4v) is 5.54. The maximum Gasteiger partial charge on any atom is 0.410 e. The Morgan fingerprint density at radius 2 is 1.56 bits per heavy atom. The number of ether oxygens (including phenoxy) is 2. The molecule has 1 aliphatic rings. The summed E-state index contributed by atoms with van der Waals surface area (Å²) >= 11 is 3.37. The second-order valence-electron chi connectivity index (χ2n) is 8.89. The maximum atomic E-state index is 13.5. The summed E-state index contributed by atoms with van der Waals surface area (Å²) in [5, 5.41) is 0. The van der Waals surface area contributed by atoms with Gasteiger partial charge < -0.3 is 14.4 Å². The molecule has 174 valence electrons. The smallest absolute Gasteiger partial charge is 0.410 e. The standard InChI is InChI=1S/C23H29BrN2O5S/c1-16-12-17(2)14-19(13-16)30-20-7-6-18(24)15-21(20)32(28,29)26-10-8-25(9-11-26)22(27)31-23(3,4)5/h6-7,12-15H,8-11H2,1-5H3. The molecule has 0 aliphatic carbocycles. The highest BCUT2D eigenvalue weighted by Gasteiger charge is 2.33. The van der Waals surface area contributed by atoms with Crippen LogP contribution in [0.5, 0.6) is 11.5 Å². The highest BCUT2D eigenvalue weighted by Crippen LogP contribution is 2.34. The van der Waals surface area contributed by atoms with Gasteiger partial charge in [0.15, 0.2) is 0 Å². The predicted molar refractivity (Wildman–Crippen MR) is 127 cm³/mol. The summed E-state index contributed by atoms with van der Waals surface area (Å²) in [6.45, 7) is 10.2. The van der Waals surface area contributed by atoms with E-state index < -0.39 is 21.7 Å². The maximum absolute atomic E-state index is 13.5. The van der Waals surface area contributed by atoms with E-state index in [1.807, 2.05) is 32.0 Å². The van der Waals surface area contributed by atoms with Gasteiger partial charge in [0.05, 0.1) is 0 Å². The quantitative estimate of drug-likeness (QED) is 0.555. The summed E-state index contributed by atoms with van der Waals surface area (Å²) in [5.74, 6) is 0.837. The number of halogens is 1. The zero-order valence-corrected chi connectivity index (χ0v) is 21.4. The van der Waals surface area contributed by atoms with E-state index in [-0.39, 0.29) is 36.8 Å². The minimum absolute atomic E-state index is 0.0803. The van der Waals surface area contributed by atoms with E-state index in [9.17, 15) is 13.2 Å². The third-order valence-corrected chi connectivity index (χ3v) is 7.25. The van der Waals surface area contributed by atoms with E-state index in [4.69, 9.17) is 9.47 Å². The number of sulfonamides is 1. The number of nitrogens with zero attached hydrogens (tertiary/aromatic N) is 2. The molecule has 1 heterocycles. The average Bonchev–Trinajstić information content (AvgIpc) is 2.67. The van der Waals surface area contributed by atoms with Crippen molar-refractivity contribution in [2.75, 3.05) is 26.2 Å². The number of carbonyl (C=O) groups excluding carboxylic acids is 1. The van der Waals surface area contributed by atoms with Crippen molar-refractivity contribution in [3.8, 4) is 11.5 Å². The summed E-state index contributed by atoms with van der Waals surface area (Å²) in [6, 6.07) is 10.7. The van der Waals surface area contributed by atoms with E-state index in [1.54, 1.807) is 39.0 Å². The minimum Gasteiger partial charge on any atom is -0.456 e. The van der Waals surface area contributed by atoms with Crippen molar-refractivity contribution in [2.45, 2.75) is 45.1 Å². The van der Waals surface area contributed by atoms with Crippen LogP contribution in [0.4, 0.5) is 4.79 Å². The average molecular weight is 525 g/mol. The van der Waals surface area contributed by atoms with Gasteiger partial charge in [0, 0.05) is 30.7 Å². The lowest BCUT2D eigenvalue weighted by Crippen LogP contribution is -2.51. The molecular weight excluding hydrogens is 496 g/mol. The molecule has 0 bridgehead atoms. The molecule has 9 heteroatoms. The molecule has 0 N–H and O–H groups in total. The Bertz CT molecular complexity index is 1080. The molecule has 0 spiro atoms. The summed E-state index contributed by atoms with van der Waals surface area (Å²) in [5.41, 5.74) is 1.45. The van der Waals surface area contributed by atoms with E-state index in [0.29, 0.717) is 10.2 Å². The second-order valence-corrected chi connectivity index (χ2v) is 11.7. The molecule has 1 amide bonds. The number of benzene rings is 2. The molecule has 0 saturated carbocycles. The van der Waals surface area contributed by atoms with Gasteiger partial charge in [-0.05, 0) is 76.1 Å². The van der Waals surface area contributed by atoms with Gasteiger partial charge in [0.1, 0.15) is 22.0 Å². The van der Waals surface area contributed by atoms with Crippen LogP contribution in [0.25, 0.3) is 0 Å². The third kappa shape index (κ3) is 6.02. The lowest BCUT2D eigenvalue weighted by atomic mass is 10.1. The summed E-state index contributed by atoms with van der Waals surface area (Å²) in [7, 11) is -3.84. The Hall–Kier alpha value is -2.10. The first-order valence-corrected chi connectivity index (χ1v) is 12.6. The first kappa shape index (κ1) is 24.5. The minimum atomic E-state index is -3.84. The van der Waals surface area contributed by atoms with Gasteiger partial charge in [-0.3, -0.25) is 0 Å². The summed E-state index contributed by atoms with van der Waals surface area (Å²) in [4.78, 5) is 13.9. The van der Waals surface area contributed by atoms with E-state index in [0.717, 1.165) is 11.1 Å². The van der Waals surface area contributed by atoms with Crippen molar-refractivity contribution in [3.63, 3.8) is 0 Å². The van der Waals surface area contributed by atoms with Crippen LogP contribution in [0, 0.1) is 13.8 Å². The van der Waals surface area contributed by atoms with Crippen LogP contribution in [-0.4, -0.2) is 55.5 Å². The molecule has 2 aromatic carbocycles. The van der Waals surface area contributed by atoms with Crippen LogP contribution in [0.3, 0.4) is 0 Å². The van der Waals surface area contributed by atoms with Crippen LogP contribution >= 0.6 is 15.9 Å². The van der Waals surface area contributed by atoms with Crippen LogP contribution in [-0.2, 0) is 14.8 Å². The van der Waals surface area contributed by atoms with E-state index in [2.05, 4.69) is 15.9 Å². The number of aryl methyl sites for hydroxylation is 2. The first-order valence-electron chi connectivity index (χ1n) is 10.4. The van der Waals surface area contributed by atoms with Gasteiger partial charge in [-0.1, -0.05) is 22.0 Å². The molecular formula is C23H29BrN2O5S. The summed E-state index contributed by atoms with van der Waals surface area (Å²) in [6.07, 6.45) is -0.434. The number of hydrogen-bond donors (Lipinski definition) is 0. The second kappa shape index (κ2) is 9.41. The topological polar surface area (TPSA) is 76.2 Å². The Labute approximate surface area is 198 Å².